The van der Waals surface area contributed by atoms with E-state index in [1.807, 2.05) is 0 Å². The standard InChI is InChI=1S/C59H95N4O12P/c1-4-6-8-10-12-14-16-18-20-22-24-26-28-30-32-36-55(66)72-47-51(75-56(67)37-33-31-29-27-25-23-21-19-17-15-13-11-9-7-5-2)48-74-76(68,69)73-42-34-35-53(64)50-40-38-49(39-41-50)46-63-54(65)45-52-57(60)61-59(62-58(52)63)71-44-43-70-3/h18-21,38-41,51H,4-17,22-37,42-48H2,1-3H3,(H,68,69)(H2,60,61,62)/p-1/b20-18+,21-19-/t51-/m1/s1. The molecule has 16 nitrogen and oxygen atoms in total. The van der Waals surface area contributed by atoms with Gasteiger partial charge in [0.2, 0.25) is 5.91 Å². The number of methoxy groups -OCH3 is 1. The van der Waals surface area contributed by atoms with Crippen molar-refractivity contribution in [1.82, 2.24) is 9.97 Å². The average Bonchev–Trinajstić information content (AvgIpc) is 3.74. The zero-order valence-corrected chi connectivity index (χ0v) is 47.5. The molecule has 0 aliphatic carbocycles. The zero-order valence-electron chi connectivity index (χ0n) is 46.6. The summed E-state index contributed by atoms with van der Waals surface area (Å²) in [6, 6.07) is 6.78. The number of nitrogens with two attached hydrogens (primary N) is 1. The van der Waals surface area contributed by atoms with Crippen LogP contribution in [0.5, 0.6) is 6.01 Å². The third-order valence-electron chi connectivity index (χ3n) is 13.2. The fourth-order valence-electron chi connectivity index (χ4n) is 8.71. The van der Waals surface area contributed by atoms with Crippen molar-refractivity contribution in [3.63, 3.8) is 0 Å². The van der Waals surface area contributed by atoms with E-state index >= 15 is 0 Å². The van der Waals surface area contributed by atoms with Crippen molar-refractivity contribution in [1.29, 1.82) is 0 Å². The van der Waals surface area contributed by atoms with Crippen molar-refractivity contribution >= 4 is 43.1 Å². The van der Waals surface area contributed by atoms with E-state index in [9.17, 15) is 28.6 Å². The van der Waals surface area contributed by atoms with Gasteiger partial charge in [0.1, 0.15) is 24.8 Å². The molecule has 0 radical (unpaired) electrons. The van der Waals surface area contributed by atoms with Crippen LogP contribution in [-0.2, 0) is 55.2 Å². The van der Waals surface area contributed by atoms with Crippen molar-refractivity contribution in [3.8, 4) is 6.01 Å². The second kappa shape index (κ2) is 41.6. The second-order valence-corrected chi connectivity index (χ2v) is 21.4. The molecule has 428 valence electrons. The number of unbranched alkanes of at least 4 members (excludes halogenated alkanes) is 22. The number of amides is 1. The average molecular weight is 1080 g/mol. The number of carbonyl (C=O) groups excluding carboxylic acids is 4. The Bertz CT molecular complexity index is 2030. The van der Waals surface area contributed by atoms with Crippen LogP contribution in [0.3, 0.4) is 0 Å². The predicted octanol–water partition coefficient (Wildman–Crippen LogP) is 13.2. The van der Waals surface area contributed by atoms with Crippen molar-refractivity contribution in [3.05, 3.63) is 65.3 Å². The van der Waals surface area contributed by atoms with Gasteiger partial charge in [-0.25, -0.2) is 0 Å². The molecule has 1 aliphatic heterocycles. The number of allylic oxidation sites excluding steroid dienone is 4. The molecule has 0 saturated heterocycles. The molecule has 17 heteroatoms. The number of nitrogens with zero attached hydrogens (tertiary/aromatic N) is 3. The summed E-state index contributed by atoms with van der Waals surface area (Å²) in [5.74, 6) is -0.885. The van der Waals surface area contributed by atoms with E-state index in [2.05, 4.69) is 48.1 Å². The summed E-state index contributed by atoms with van der Waals surface area (Å²) in [5.41, 5.74) is 7.78. The lowest BCUT2D eigenvalue weighted by Gasteiger charge is -2.25. The largest absolute Gasteiger partial charge is 0.756 e. The van der Waals surface area contributed by atoms with Crippen LogP contribution in [0.15, 0.2) is 48.6 Å². The highest BCUT2D eigenvalue weighted by atomic mass is 31.2. The van der Waals surface area contributed by atoms with Gasteiger partial charge in [-0.3, -0.25) is 28.6 Å². The SMILES string of the molecule is CCCCCCCC/C=C\CCCCCCCC(=O)O[C@H](COC(=O)CCCCCCC/C=C/CCCCCCCC)COP(=O)([O-])OCCCC(=O)c1ccc(CN2C(=O)Cc3c(N)nc(OCCOC)nc32)cc1. The number of rotatable bonds is 48. The maximum atomic E-state index is 13.0. The quantitative estimate of drug-likeness (QED) is 0.0214. The van der Waals surface area contributed by atoms with Gasteiger partial charge in [-0.15, -0.1) is 0 Å². The number of aromatic nitrogens is 2. The molecule has 2 heterocycles. The van der Waals surface area contributed by atoms with E-state index in [0.29, 0.717) is 36.4 Å². The minimum atomic E-state index is -4.90. The minimum absolute atomic E-state index is 0.0113. The number of hydrogen-bond acceptors (Lipinski definition) is 15. The van der Waals surface area contributed by atoms with Gasteiger partial charge in [-0.05, 0) is 76.2 Å². The maximum absolute atomic E-state index is 13.0. The first kappa shape index (κ1) is 65.8. The lowest BCUT2D eigenvalue weighted by atomic mass is 10.0. The van der Waals surface area contributed by atoms with Gasteiger partial charge >= 0.3 is 17.9 Å². The number of phosphoric acid groups is 1. The molecule has 76 heavy (non-hydrogen) atoms. The number of fused-ring (bicyclic) bond motifs is 1. The van der Waals surface area contributed by atoms with Crippen LogP contribution in [0.25, 0.3) is 0 Å². The van der Waals surface area contributed by atoms with Crippen LogP contribution < -0.4 is 20.3 Å². The predicted molar refractivity (Wildman–Crippen MR) is 298 cm³/mol. The molecule has 0 spiro atoms. The summed E-state index contributed by atoms with van der Waals surface area (Å²) in [4.78, 5) is 74.5. The first-order valence-corrected chi connectivity index (χ1v) is 30.4. The number of esters is 2. The highest BCUT2D eigenvalue weighted by molar-refractivity contribution is 7.45. The molecule has 1 amide bonds. The Morgan fingerprint density at radius 2 is 1.18 bits per heavy atom. The monoisotopic (exact) mass is 1080 g/mol. The second-order valence-electron chi connectivity index (χ2n) is 20.0. The normalized spacial score (nSPS) is 13.6. The van der Waals surface area contributed by atoms with Crippen molar-refractivity contribution in [2.24, 2.45) is 0 Å². The fourth-order valence-corrected chi connectivity index (χ4v) is 9.49. The minimum Gasteiger partial charge on any atom is -0.756 e. The lowest BCUT2D eigenvalue weighted by molar-refractivity contribution is -0.228. The molecular formula is C59H94N4O12P-. The highest BCUT2D eigenvalue weighted by Crippen LogP contribution is 2.39. The Hall–Kier alpha value is -4.47. The van der Waals surface area contributed by atoms with Crippen LogP contribution >= 0.6 is 7.82 Å². The number of ether oxygens (including phenoxy) is 4. The van der Waals surface area contributed by atoms with Crippen LogP contribution in [0.2, 0.25) is 0 Å². The molecule has 0 fully saturated rings. The van der Waals surface area contributed by atoms with E-state index in [1.165, 1.54) is 81.9 Å². The van der Waals surface area contributed by atoms with Crippen LogP contribution in [0, 0.1) is 0 Å². The molecule has 3 rings (SSSR count). The number of carbonyl (C=O) groups is 4. The summed E-state index contributed by atoms with van der Waals surface area (Å²) in [7, 11) is -3.35. The smallest absolute Gasteiger partial charge is 0.320 e. The first-order chi connectivity index (χ1) is 37.0. The van der Waals surface area contributed by atoms with Crippen LogP contribution in [-0.4, -0.2) is 79.8 Å². The lowest BCUT2D eigenvalue weighted by Crippen LogP contribution is -2.30. The molecule has 1 aliphatic rings. The number of benzene rings is 1. The molecule has 1 aromatic carbocycles. The number of phosphoric ester groups is 1. The van der Waals surface area contributed by atoms with Gasteiger partial charge in [0, 0.05) is 37.5 Å². The van der Waals surface area contributed by atoms with Crippen LogP contribution in [0.4, 0.5) is 11.6 Å². The third-order valence-corrected chi connectivity index (χ3v) is 14.2. The fraction of sp³-hybridized carbons (Fsp3) is 0.695. The van der Waals surface area contributed by atoms with Crippen LogP contribution in [0.1, 0.15) is 228 Å². The van der Waals surface area contributed by atoms with E-state index in [0.717, 1.165) is 82.6 Å². The van der Waals surface area contributed by atoms with Gasteiger partial charge < -0.3 is 38.6 Å². The Morgan fingerprint density at radius 1 is 0.658 bits per heavy atom. The molecule has 0 bridgehead atoms. The van der Waals surface area contributed by atoms with Gasteiger partial charge in [0.25, 0.3) is 7.82 Å². The molecule has 2 aromatic rings. The van der Waals surface area contributed by atoms with Gasteiger partial charge in [-0.1, -0.05) is 165 Å². The third kappa shape index (κ3) is 30.5. The van der Waals surface area contributed by atoms with E-state index in [4.69, 9.17) is 33.7 Å². The van der Waals surface area contributed by atoms with Gasteiger partial charge in [-0.2, -0.15) is 9.97 Å². The zero-order chi connectivity index (χ0) is 54.9. The molecule has 1 aromatic heterocycles. The number of nitrogen functional groups attached to an aromatic ring is 1. The highest BCUT2D eigenvalue weighted by Gasteiger charge is 2.32. The molecule has 2 N–H and O–H groups in total. The molecule has 1 unspecified atom stereocenters. The summed E-state index contributed by atoms with van der Waals surface area (Å²) < 4.78 is 44.6. The Morgan fingerprint density at radius 3 is 1.74 bits per heavy atom. The molecule has 0 saturated carbocycles. The summed E-state index contributed by atoms with van der Waals surface area (Å²) in [6.45, 7) is 3.92. The number of ketones is 1. The number of anilines is 2. The molecule has 2 atom stereocenters. The Kier molecular flexibility index (Phi) is 36.0. The number of hydrogen-bond donors (Lipinski definition) is 1. The van der Waals surface area contributed by atoms with Crippen molar-refractivity contribution in [2.45, 2.75) is 226 Å². The first-order valence-electron chi connectivity index (χ1n) is 28.9. The molecular weight excluding hydrogens is 988 g/mol. The maximum Gasteiger partial charge on any atom is 0.320 e. The van der Waals surface area contributed by atoms with Gasteiger partial charge in [0.05, 0.1) is 32.8 Å². The van der Waals surface area contributed by atoms with Crippen molar-refractivity contribution in [2.75, 3.05) is 50.8 Å². The summed E-state index contributed by atoms with van der Waals surface area (Å²) in [6.07, 6.45) is 38.0. The van der Waals surface area contributed by atoms with E-state index in [-0.39, 0.29) is 82.0 Å². The van der Waals surface area contributed by atoms with Gasteiger partial charge in [0.15, 0.2) is 11.9 Å². The van der Waals surface area contributed by atoms with E-state index < -0.39 is 32.5 Å². The Labute approximate surface area is 455 Å². The summed E-state index contributed by atoms with van der Waals surface area (Å²) >= 11 is 0. The number of Topliss-reactive ketones (excluding diaryl/α,β-unsaturated/α-hetero) is 1. The van der Waals surface area contributed by atoms with Crippen molar-refractivity contribution < 1.29 is 56.6 Å². The Balaban J connectivity index is 1.40. The summed E-state index contributed by atoms with van der Waals surface area (Å²) in [5, 5.41) is 0. The van der Waals surface area contributed by atoms with E-state index in [1.54, 1.807) is 31.4 Å². The topological polar surface area (TPSA) is 219 Å².